The minimum atomic E-state index is -0.148. The number of ether oxygens (including phenoxy) is 2. The Morgan fingerprint density at radius 1 is 1.00 bits per heavy atom. The first kappa shape index (κ1) is 18.2. The van der Waals surface area contributed by atoms with Crippen molar-refractivity contribution in [2.75, 3.05) is 14.2 Å². The highest BCUT2D eigenvalue weighted by molar-refractivity contribution is 6.31. The fourth-order valence-corrected chi connectivity index (χ4v) is 2.82. The third kappa shape index (κ3) is 3.82. The van der Waals surface area contributed by atoms with Crippen LogP contribution in [0.25, 0.3) is 17.0 Å². The second kappa shape index (κ2) is 7.77. The lowest BCUT2D eigenvalue weighted by Crippen LogP contribution is -1.94. The molecule has 0 radical (unpaired) electrons. The van der Waals surface area contributed by atoms with E-state index in [1.165, 1.54) is 6.08 Å². The van der Waals surface area contributed by atoms with E-state index in [4.69, 9.17) is 32.7 Å². The molecule has 0 spiro atoms. The Kier molecular flexibility index (Phi) is 5.45. The standard InChI is InChI=1S/C20H15Cl2NO3/c1-25-18-10-14-9-13(20(22)23-16(14)11-19(18)26-2)5-8-17(24)12-3-6-15(21)7-4-12/h3-11H,1-2H3/b8-5+. The summed E-state index contributed by atoms with van der Waals surface area (Å²) in [6.45, 7) is 0. The molecule has 3 rings (SSSR count). The molecular weight excluding hydrogens is 373 g/mol. The molecule has 0 saturated carbocycles. The molecule has 0 unspecified atom stereocenters. The lowest BCUT2D eigenvalue weighted by atomic mass is 10.1. The topological polar surface area (TPSA) is 48.4 Å². The number of hydrogen-bond acceptors (Lipinski definition) is 4. The largest absolute Gasteiger partial charge is 0.493 e. The van der Waals surface area contributed by atoms with E-state index in [0.717, 1.165) is 5.39 Å². The average Bonchev–Trinajstić information content (AvgIpc) is 2.65. The molecule has 0 N–H and O–H groups in total. The van der Waals surface area contributed by atoms with Crippen LogP contribution >= 0.6 is 23.2 Å². The van der Waals surface area contributed by atoms with E-state index in [2.05, 4.69) is 4.98 Å². The number of allylic oxidation sites excluding steroid dienone is 1. The van der Waals surface area contributed by atoms with Gasteiger partial charge in [-0.3, -0.25) is 4.79 Å². The third-order valence-corrected chi connectivity index (χ3v) is 4.40. The number of carbonyl (C=O) groups excluding carboxylic acids is 1. The number of carbonyl (C=O) groups is 1. The first-order chi connectivity index (χ1) is 12.5. The van der Waals surface area contributed by atoms with Gasteiger partial charge in [-0.1, -0.05) is 23.2 Å². The van der Waals surface area contributed by atoms with Crippen LogP contribution in [0.3, 0.4) is 0 Å². The Bertz CT molecular complexity index is 998. The molecule has 0 amide bonds. The highest BCUT2D eigenvalue weighted by Gasteiger charge is 2.10. The molecule has 26 heavy (non-hydrogen) atoms. The lowest BCUT2D eigenvalue weighted by molar-refractivity contribution is 0.104. The van der Waals surface area contributed by atoms with Crippen molar-refractivity contribution in [2.45, 2.75) is 0 Å². The zero-order valence-electron chi connectivity index (χ0n) is 14.1. The number of hydrogen-bond donors (Lipinski definition) is 0. The molecule has 6 heteroatoms. The fraction of sp³-hybridized carbons (Fsp3) is 0.100. The van der Waals surface area contributed by atoms with Gasteiger partial charge in [0.2, 0.25) is 0 Å². The summed E-state index contributed by atoms with van der Waals surface area (Å²) >= 11 is 12.1. The van der Waals surface area contributed by atoms with Crippen molar-refractivity contribution in [1.82, 2.24) is 4.98 Å². The molecule has 132 valence electrons. The number of benzene rings is 2. The summed E-state index contributed by atoms with van der Waals surface area (Å²) in [5.41, 5.74) is 1.85. The van der Waals surface area contributed by atoms with Crippen molar-refractivity contribution in [3.8, 4) is 11.5 Å². The smallest absolute Gasteiger partial charge is 0.185 e. The summed E-state index contributed by atoms with van der Waals surface area (Å²) in [6, 6.07) is 12.1. The molecule has 2 aromatic carbocycles. The van der Waals surface area contributed by atoms with Crippen molar-refractivity contribution < 1.29 is 14.3 Å². The summed E-state index contributed by atoms with van der Waals surface area (Å²) in [6.07, 6.45) is 3.10. The van der Waals surface area contributed by atoms with Crippen molar-refractivity contribution in [3.63, 3.8) is 0 Å². The number of nitrogens with zero attached hydrogens (tertiary/aromatic N) is 1. The van der Waals surface area contributed by atoms with Crippen LogP contribution in [-0.2, 0) is 0 Å². The maximum atomic E-state index is 12.3. The van der Waals surface area contributed by atoms with Gasteiger partial charge in [0.1, 0.15) is 5.15 Å². The van der Waals surface area contributed by atoms with E-state index >= 15 is 0 Å². The van der Waals surface area contributed by atoms with E-state index in [1.54, 1.807) is 50.6 Å². The van der Waals surface area contributed by atoms with Gasteiger partial charge in [-0.05, 0) is 48.6 Å². The van der Waals surface area contributed by atoms with Crippen LogP contribution in [0.4, 0.5) is 0 Å². The lowest BCUT2D eigenvalue weighted by Gasteiger charge is -2.09. The van der Waals surface area contributed by atoms with Crippen molar-refractivity contribution >= 4 is 46.0 Å². The Labute approximate surface area is 161 Å². The van der Waals surface area contributed by atoms with Gasteiger partial charge in [0.25, 0.3) is 0 Å². The van der Waals surface area contributed by atoms with Crippen molar-refractivity contribution in [1.29, 1.82) is 0 Å². The molecule has 1 aromatic heterocycles. The van der Waals surface area contributed by atoms with Gasteiger partial charge in [-0.2, -0.15) is 0 Å². The zero-order valence-corrected chi connectivity index (χ0v) is 15.6. The molecule has 0 bridgehead atoms. The maximum absolute atomic E-state index is 12.3. The Morgan fingerprint density at radius 2 is 1.65 bits per heavy atom. The van der Waals surface area contributed by atoms with Crippen LogP contribution in [0, 0.1) is 0 Å². The molecule has 0 fully saturated rings. The van der Waals surface area contributed by atoms with Crippen LogP contribution in [0.2, 0.25) is 10.2 Å². The molecule has 0 saturated heterocycles. The normalized spacial score (nSPS) is 11.1. The van der Waals surface area contributed by atoms with Gasteiger partial charge in [0, 0.05) is 27.6 Å². The summed E-state index contributed by atoms with van der Waals surface area (Å²) in [5.74, 6) is 1.02. The van der Waals surface area contributed by atoms with Crippen LogP contribution < -0.4 is 9.47 Å². The predicted octanol–water partition coefficient (Wildman–Crippen LogP) is 5.45. The number of ketones is 1. The van der Waals surface area contributed by atoms with Crippen molar-refractivity contribution in [2.24, 2.45) is 0 Å². The van der Waals surface area contributed by atoms with E-state index < -0.39 is 0 Å². The number of aromatic nitrogens is 1. The minimum absolute atomic E-state index is 0.148. The molecule has 3 aromatic rings. The van der Waals surface area contributed by atoms with Gasteiger partial charge in [-0.25, -0.2) is 4.98 Å². The van der Waals surface area contributed by atoms with Gasteiger partial charge < -0.3 is 9.47 Å². The SMILES string of the molecule is COc1cc2cc(/C=C/C(=O)c3ccc(Cl)cc3)c(Cl)nc2cc1OC. The molecule has 4 nitrogen and oxygen atoms in total. The number of methoxy groups -OCH3 is 2. The van der Waals surface area contributed by atoms with Gasteiger partial charge >= 0.3 is 0 Å². The van der Waals surface area contributed by atoms with Crippen LogP contribution in [0.1, 0.15) is 15.9 Å². The number of pyridine rings is 1. The number of halogens is 2. The van der Waals surface area contributed by atoms with Crippen LogP contribution in [0.15, 0.2) is 48.5 Å². The highest BCUT2D eigenvalue weighted by Crippen LogP contribution is 2.33. The van der Waals surface area contributed by atoms with Crippen molar-refractivity contribution in [3.05, 3.63) is 69.8 Å². The van der Waals surface area contributed by atoms with Gasteiger partial charge in [-0.15, -0.1) is 0 Å². The molecule has 0 aliphatic carbocycles. The second-order valence-corrected chi connectivity index (χ2v) is 6.27. The van der Waals surface area contributed by atoms with E-state index in [-0.39, 0.29) is 5.78 Å². The third-order valence-electron chi connectivity index (χ3n) is 3.84. The monoisotopic (exact) mass is 387 g/mol. The zero-order chi connectivity index (χ0) is 18.7. The Morgan fingerprint density at radius 3 is 2.31 bits per heavy atom. The second-order valence-electron chi connectivity index (χ2n) is 5.47. The first-order valence-electron chi connectivity index (χ1n) is 7.72. The van der Waals surface area contributed by atoms with Crippen LogP contribution in [0.5, 0.6) is 11.5 Å². The summed E-state index contributed by atoms with van der Waals surface area (Å²) < 4.78 is 10.6. The van der Waals surface area contributed by atoms with Gasteiger partial charge in [0.15, 0.2) is 17.3 Å². The molecular formula is C20H15Cl2NO3. The molecule has 0 atom stereocenters. The summed E-state index contributed by atoms with van der Waals surface area (Å²) in [5, 5.41) is 1.70. The number of rotatable bonds is 5. The average molecular weight is 388 g/mol. The quantitative estimate of drug-likeness (QED) is 0.331. The maximum Gasteiger partial charge on any atom is 0.185 e. The highest BCUT2D eigenvalue weighted by atomic mass is 35.5. The van der Waals surface area contributed by atoms with E-state index in [1.807, 2.05) is 12.1 Å². The Balaban J connectivity index is 1.95. The minimum Gasteiger partial charge on any atom is -0.493 e. The molecule has 0 aliphatic rings. The first-order valence-corrected chi connectivity index (χ1v) is 8.47. The summed E-state index contributed by atoms with van der Waals surface area (Å²) in [4.78, 5) is 16.6. The summed E-state index contributed by atoms with van der Waals surface area (Å²) in [7, 11) is 3.13. The molecule has 1 heterocycles. The Hall–Kier alpha value is -2.56. The fourth-order valence-electron chi connectivity index (χ4n) is 2.49. The van der Waals surface area contributed by atoms with E-state index in [0.29, 0.717) is 38.3 Å². The molecule has 0 aliphatic heterocycles. The van der Waals surface area contributed by atoms with Crippen LogP contribution in [-0.4, -0.2) is 25.0 Å². The predicted molar refractivity (Wildman–Crippen MR) is 105 cm³/mol. The number of fused-ring (bicyclic) bond motifs is 1. The van der Waals surface area contributed by atoms with E-state index in [9.17, 15) is 4.79 Å². The van der Waals surface area contributed by atoms with Gasteiger partial charge in [0.05, 0.1) is 19.7 Å².